The van der Waals surface area contributed by atoms with E-state index in [0.717, 1.165) is 22.5 Å². The van der Waals surface area contributed by atoms with Gasteiger partial charge >= 0.3 is 6.03 Å². The Morgan fingerprint density at radius 2 is 1.73 bits per heavy atom. The minimum Gasteiger partial charge on any atom is -0.315 e. The summed E-state index contributed by atoms with van der Waals surface area (Å²) >= 11 is 12.3. The fourth-order valence-electron chi connectivity index (χ4n) is 3.75. The van der Waals surface area contributed by atoms with Crippen LogP contribution in [0.4, 0.5) is 16.3 Å². The van der Waals surface area contributed by atoms with Gasteiger partial charge in [0.05, 0.1) is 21.4 Å². The van der Waals surface area contributed by atoms with E-state index in [4.69, 9.17) is 28.3 Å². The molecular formula is C28H35Cl2N5O2. The summed E-state index contributed by atoms with van der Waals surface area (Å²) in [6.07, 6.45) is 0. The molecule has 0 aliphatic carbocycles. The number of nitrogens with zero attached hydrogens (tertiary/aromatic N) is 3. The summed E-state index contributed by atoms with van der Waals surface area (Å²) in [4.78, 5) is 27.9. The number of hydrogen-bond donors (Lipinski definition) is 2. The van der Waals surface area contributed by atoms with Crippen LogP contribution in [0.25, 0.3) is 5.69 Å². The highest BCUT2D eigenvalue weighted by atomic mass is 35.5. The molecule has 7 nitrogen and oxygen atoms in total. The van der Waals surface area contributed by atoms with Crippen LogP contribution in [0.15, 0.2) is 42.5 Å². The first-order valence-corrected chi connectivity index (χ1v) is 13.0. The van der Waals surface area contributed by atoms with Crippen LogP contribution in [0.3, 0.4) is 0 Å². The Bertz CT molecular complexity index is 1290. The van der Waals surface area contributed by atoms with Gasteiger partial charge in [0.25, 0.3) is 0 Å². The van der Waals surface area contributed by atoms with Gasteiger partial charge in [-0.2, -0.15) is 5.10 Å². The largest absolute Gasteiger partial charge is 0.322 e. The lowest BCUT2D eigenvalue weighted by Gasteiger charge is -2.25. The second-order valence-corrected chi connectivity index (χ2v) is 11.5. The molecule has 0 unspecified atom stereocenters. The number of anilines is 2. The molecule has 1 aromatic heterocycles. The maximum absolute atomic E-state index is 13.2. The van der Waals surface area contributed by atoms with Gasteiger partial charge in [-0.25, -0.2) is 9.48 Å². The van der Waals surface area contributed by atoms with E-state index in [0.29, 0.717) is 28.1 Å². The zero-order valence-electron chi connectivity index (χ0n) is 22.4. The molecule has 1 heterocycles. The maximum Gasteiger partial charge on any atom is 0.322 e. The smallest absolute Gasteiger partial charge is 0.315 e. The number of benzene rings is 2. The summed E-state index contributed by atoms with van der Waals surface area (Å²) in [5.41, 5.74) is 4.00. The van der Waals surface area contributed by atoms with Crippen molar-refractivity contribution >= 4 is 46.6 Å². The zero-order valence-corrected chi connectivity index (χ0v) is 24.0. The standard InChI is InChI=1S/C28H35Cl2N5O2/c1-17(2)15-34(27(37)31-23-10-8-9-18(3)19(23)4)16-26(36)32-25-14-24(28(5,6)7)33-35(25)20-11-12-21(29)22(30)13-20/h8-14,17H,15-16H2,1-7H3,(H,31,37)(H,32,36). The van der Waals surface area contributed by atoms with Gasteiger partial charge in [0.1, 0.15) is 12.4 Å². The lowest BCUT2D eigenvalue weighted by Crippen LogP contribution is -2.42. The highest BCUT2D eigenvalue weighted by Gasteiger charge is 2.24. The van der Waals surface area contributed by atoms with Gasteiger partial charge in [-0.15, -0.1) is 0 Å². The molecule has 0 aliphatic heterocycles. The number of nitrogens with one attached hydrogen (secondary N) is 2. The molecule has 3 aromatic rings. The van der Waals surface area contributed by atoms with Crippen molar-refractivity contribution in [3.8, 4) is 5.69 Å². The summed E-state index contributed by atoms with van der Waals surface area (Å²) in [5, 5.41) is 11.4. The lowest BCUT2D eigenvalue weighted by atomic mass is 9.92. The minimum atomic E-state index is -0.335. The molecular weight excluding hydrogens is 509 g/mol. The molecule has 0 saturated heterocycles. The van der Waals surface area contributed by atoms with Crippen molar-refractivity contribution in [2.75, 3.05) is 23.7 Å². The molecule has 0 bridgehead atoms. The van der Waals surface area contributed by atoms with E-state index in [1.807, 2.05) is 72.7 Å². The molecule has 9 heteroatoms. The summed E-state index contributed by atoms with van der Waals surface area (Å²) < 4.78 is 1.63. The number of carbonyl (C=O) groups excluding carboxylic acids is 2. The first-order valence-electron chi connectivity index (χ1n) is 12.2. The number of rotatable bonds is 7. The van der Waals surface area contributed by atoms with E-state index in [9.17, 15) is 9.59 Å². The third-order valence-corrected chi connectivity index (χ3v) is 6.69. The van der Waals surface area contributed by atoms with Crippen molar-refractivity contribution < 1.29 is 9.59 Å². The predicted molar refractivity (Wildman–Crippen MR) is 152 cm³/mol. The number of aromatic nitrogens is 2. The molecule has 0 atom stereocenters. The molecule has 0 aliphatic rings. The summed E-state index contributed by atoms with van der Waals surface area (Å²) in [6, 6.07) is 12.4. The molecule has 0 saturated carbocycles. The first kappa shape index (κ1) is 28.5. The number of carbonyl (C=O) groups is 2. The molecule has 198 valence electrons. The summed E-state index contributed by atoms with van der Waals surface area (Å²) in [5.74, 6) is 0.317. The van der Waals surface area contributed by atoms with Gasteiger partial charge < -0.3 is 15.5 Å². The quantitative estimate of drug-likeness (QED) is 0.330. The number of urea groups is 1. The fraction of sp³-hybridized carbons (Fsp3) is 0.393. The van der Waals surface area contributed by atoms with Crippen molar-refractivity contribution in [3.63, 3.8) is 0 Å². The van der Waals surface area contributed by atoms with Crippen LogP contribution in [-0.4, -0.2) is 39.7 Å². The Kier molecular flexibility index (Phi) is 8.92. The molecule has 37 heavy (non-hydrogen) atoms. The molecule has 2 N–H and O–H groups in total. The van der Waals surface area contributed by atoms with E-state index in [-0.39, 0.29) is 29.8 Å². The first-order chi connectivity index (χ1) is 17.3. The summed E-state index contributed by atoms with van der Waals surface area (Å²) in [7, 11) is 0. The van der Waals surface area contributed by atoms with E-state index in [1.165, 1.54) is 4.90 Å². The molecule has 3 amide bonds. The molecule has 0 fully saturated rings. The molecule has 0 radical (unpaired) electrons. The highest BCUT2D eigenvalue weighted by Crippen LogP contribution is 2.29. The van der Waals surface area contributed by atoms with E-state index < -0.39 is 0 Å². The topological polar surface area (TPSA) is 79.3 Å². The van der Waals surface area contributed by atoms with Crippen LogP contribution < -0.4 is 10.6 Å². The van der Waals surface area contributed by atoms with Gasteiger partial charge in [0.15, 0.2) is 0 Å². The third-order valence-electron chi connectivity index (χ3n) is 5.95. The minimum absolute atomic E-state index is 0.119. The Morgan fingerprint density at radius 1 is 1.03 bits per heavy atom. The van der Waals surface area contributed by atoms with Crippen molar-refractivity contribution in [1.29, 1.82) is 0 Å². The highest BCUT2D eigenvalue weighted by molar-refractivity contribution is 6.42. The van der Waals surface area contributed by atoms with Gasteiger partial charge in [-0.05, 0) is 55.2 Å². The third kappa shape index (κ3) is 7.27. The monoisotopic (exact) mass is 543 g/mol. The van der Waals surface area contributed by atoms with Gasteiger partial charge in [0, 0.05) is 23.7 Å². The van der Waals surface area contributed by atoms with Crippen LogP contribution in [-0.2, 0) is 10.2 Å². The Balaban J connectivity index is 1.85. The number of amides is 3. The molecule has 3 rings (SSSR count). The van der Waals surface area contributed by atoms with Gasteiger partial charge in [-0.1, -0.05) is 70.0 Å². The van der Waals surface area contributed by atoms with Crippen LogP contribution in [0.5, 0.6) is 0 Å². The normalized spacial score (nSPS) is 11.5. The zero-order chi connectivity index (χ0) is 27.5. The van der Waals surface area contributed by atoms with E-state index in [1.54, 1.807) is 22.9 Å². The average Bonchev–Trinajstić information content (AvgIpc) is 3.22. The van der Waals surface area contributed by atoms with Crippen molar-refractivity contribution in [1.82, 2.24) is 14.7 Å². The van der Waals surface area contributed by atoms with Crippen molar-refractivity contribution in [2.24, 2.45) is 5.92 Å². The van der Waals surface area contributed by atoms with Crippen LogP contribution in [0, 0.1) is 19.8 Å². The van der Waals surface area contributed by atoms with Crippen LogP contribution in [0.1, 0.15) is 51.4 Å². The van der Waals surface area contributed by atoms with Crippen LogP contribution in [0.2, 0.25) is 10.0 Å². The average molecular weight is 545 g/mol. The van der Waals surface area contributed by atoms with Gasteiger partial charge in [-0.3, -0.25) is 4.79 Å². The number of aryl methyl sites for hydroxylation is 1. The number of hydrogen-bond acceptors (Lipinski definition) is 3. The van der Waals surface area contributed by atoms with Crippen molar-refractivity contribution in [3.05, 3.63) is 69.3 Å². The Hall–Kier alpha value is -3.03. The molecule has 2 aromatic carbocycles. The van der Waals surface area contributed by atoms with Gasteiger partial charge in [0.2, 0.25) is 5.91 Å². The number of halogens is 2. The SMILES string of the molecule is Cc1cccc(NC(=O)N(CC(=O)Nc2cc(C(C)(C)C)nn2-c2ccc(Cl)c(Cl)c2)CC(C)C)c1C. The Morgan fingerprint density at radius 3 is 2.35 bits per heavy atom. The second-order valence-electron chi connectivity index (χ2n) is 10.7. The van der Waals surface area contributed by atoms with E-state index in [2.05, 4.69) is 10.6 Å². The van der Waals surface area contributed by atoms with Crippen molar-refractivity contribution in [2.45, 2.75) is 53.9 Å². The lowest BCUT2D eigenvalue weighted by molar-refractivity contribution is -0.116. The maximum atomic E-state index is 13.2. The predicted octanol–water partition coefficient (Wildman–Crippen LogP) is 7.22. The fourth-order valence-corrected chi connectivity index (χ4v) is 4.04. The van der Waals surface area contributed by atoms with Crippen LogP contribution >= 0.6 is 23.2 Å². The Labute approximate surface area is 229 Å². The molecule has 0 spiro atoms. The van der Waals surface area contributed by atoms with E-state index >= 15 is 0 Å². The second kappa shape index (κ2) is 11.6. The summed E-state index contributed by atoms with van der Waals surface area (Å²) in [6.45, 7) is 14.4.